The number of furan rings is 1. The SMILES string of the molecule is Cc1oc(-c2ccoc2)nc1CN1CCCC[C@@H]1c1nccs1. The highest BCUT2D eigenvalue weighted by molar-refractivity contribution is 7.09. The molecule has 0 radical (unpaired) electrons. The highest BCUT2D eigenvalue weighted by atomic mass is 32.1. The molecule has 0 unspecified atom stereocenters. The van der Waals surface area contributed by atoms with Crippen LogP contribution in [0.3, 0.4) is 0 Å². The Labute approximate surface area is 139 Å². The zero-order chi connectivity index (χ0) is 15.6. The third-order valence-electron chi connectivity index (χ3n) is 4.36. The standard InChI is InChI=1S/C17H19N3O2S/c1-12-14(19-16(22-12)13-5-8-21-11-13)10-20-7-3-2-4-15(20)17-18-6-9-23-17/h5-6,8-9,11,15H,2-4,7,10H2,1H3/t15-/m1/s1. The van der Waals surface area contributed by atoms with Crippen LogP contribution >= 0.6 is 11.3 Å². The number of nitrogens with zero attached hydrogens (tertiary/aromatic N) is 3. The van der Waals surface area contributed by atoms with Crippen LogP contribution in [0.5, 0.6) is 0 Å². The lowest BCUT2D eigenvalue weighted by molar-refractivity contribution is 0.138. The van der Waals surface area contributed by atoms with Gasteiger partial charge in [-0.05, 0) is 32.4 Å². The molecule has 6 heteroatoms. The molecule has 1 aliphatic rings. The minimum atomic E-state index is 0.400. The van der Waals surface area contributed by atoms with Gasteiger partial charge in [0.15, 0.2) is 0 Å². The largest absolute Gasteiger partial charge is 0.472 e. The summed E-state index contributed by atoms with van der Waals surface area (Å²) in [5.74, 6) is 1.51. The van der Waals surface area contributed by atoms with E-state index < -0.39 is 0 Å². The molecule has 4 heterocycles. The quantitative estimate of drug-likeness (QED) is 0.709. The molecule has 4 rings (SSSR count). The summed E-state index contributed by atoms with van der Waals surface area (Å²) in [5.41, 5.74) is 1.89. The average molecular weight is 329 g/mol. The molecular formula is C17H19N3O2S. The molecular weight excluding hydrogens is 310 g/mol. The van der Waals surface area contributed by atoms with Gasteiger partial charge in [0, 0.05) is 18.1 Å². The number of aryl methyl sites for hydroxylation is 1. The van der Waals surface area contributed by atoms with E-state index in [4.69, 9.17) is 8.83 Å². The molecule has 0 saturated carbocycles. The maximum Gasteiger partial charge on any atom is 0.229 e. The molecule has 5 nitrogen and oxygen atoms in total. The van der Waals surface area contributed by atoms with Gasteiger partial charge in [0.1, 0.15) is 17.0 Å². The van der Waals surface area contributed by atoms with Gasteiger partial charge in [-0.3, -0.25) is 4.90 Å². The second kappa shape index (κ2) is 6.29. The Morgan fingerprint density at radius 1 is 1.39 bits per heavy atom. The summed E-state index contributed by atoms with van der Waals surface area (Å²) in [6.45, 7) is 3.86. The van der Waals surface area contributed by atoms with Gasteiger partial charge >= 0.3 is 0 Å². The Morgan fingerprint density at radius 3 is 3.13 bits per heavy atom. The number of aromatic nitrogens is 2. The molecule has 0 bridgehead atoms. The summed E-state index contributed by atoms with van der Waals surface area (Å²) in [7, 11) is 0. The van der Waals surface area contributed by atoms with E-state index in [1.165, 1.54) is 24.3 Å². The zero-order valence-corrected chi connectivity index (χ0v) is 13.9. The molecule has 1 aliphatic heterocycles. The highest BCUT2D eigenvalue weighted by Gasteiger charge is 2.27. The van der Waals surface area contributed by atoms with Crippen molar-refractivity contribution in [3.8, 4) is 11.5 Å². The molecule has 0 amide bonds. The number of rotatable bonds is 4. The zero-order valence-electron chi connectivity index (χ0n) is 13.1. The van der Waals surface area contributed by atoms with Crippen LogP contribution in [0.25, 0.3) is 11.5 Å². The number of hydrogen-bond acceptors (Lipinski definition) is 6. The van der Waals surface area contributed by atoms with Gasteiger partial charge in [0.25, 0.3) is 0 Å². The van der Waals surface area contributed by atoms with Crippen LogP contribution in [0.2, 0.25) is 0 Å². The number of piperidine rings is 1. The van der Waals surface area contributed by atoms with Gasteiger partial charge in [-0.1, -0.05) is 6.42 Å². The van der Waals surface area contributed by atoms with E-state index in [-0.39, 0.29) is 0 Å². The van der Waals surface area contributed by atoms with Gasteiger partial charge < -0.3 is 8.83 Å². The first kappa shape index (κ1) is 14.7. The molecule has 0 spiro atoms. The Hall–Kier alpha value is -1.92. The lowest BCUT2D eigenvalue weighted by atomic mass is 10.0. The van der Waals surface area contributed by atoms with Crippen molar-refractivity contribution in [2.75, 3.05) is 6.54 Å². The molecule has 1 atom stereocenters. The third-order valence-corrected chi connectivity index (χ3v) is 5.24. The lowest BCUT2D eigenvalue weighted by Crippen LogP contribution is -2.33. The van der Waals surface area contributed by atoms with Crippen LogP contribution < -0.4 is 0 Å². The van der Waals surface area contributed by atoms with E-state index in [2.05, 4.69) is 20.2 Å². The van der Waals surface area contributed by atoms with Crippen LogP contribution in [0, 0.1) is 6.92 Å². The maximum absolute atomic E-state index is 5.82. The van der Waals surface area contributed by atoms with Crippen molar-refractivity contribution in [1.29, 1.82) is 0 Å². The summed E-state index contributed by atoms with van der Waals surface area (Å²) >= 11 is 1.74. The van der Waals surface area contributed by atoms with Crippen LogP contribution in [0.4, 0.5) is 0 Å². The molecule has 1 saturated heterocycles. The molecule has 23 heavy (non-hydrogen) atoms. The first-order valence-electron chi connectivity index (χ1n) is 7.93. The second-order valence-corrected chi connectivity index (χ2v) is 6.81. The second-order valence-electron chi connectivity index (χ2n) is 5.89. The summed E-state index contributed by atoms with van der Waals surface area (Å²) < 4.78 is 10.9. The maximum atomic E-state index is 5.82. The predicted molar refractivity (Wildman–Crippen MR) is 88.1 cm³/mol. The van der Waals surface area contributed by atoms with E-state index in [9.17, 15) is 0 Å². The van der Waals surface area contributed by atoms with Crippen molar-refractivity contribution in [2.45, 2.75) is 38.8 Å². The number of hydrogen-bond donors (Lipinski definition) is 0. The number of oxazole rings is 1. The highest BCUT2D eigenvalue weighted by Crippen LogP contribution is 2.34. The molecule has 0 N–H and O–H groups in total. The van der Waals surface area contributed by atoms with Crippen LogP contribution in [-0.4, -0.2) is 21.4 Å². The van der Waals surface area contributed by atoms with E-state index in [1.54, 1.807) is 23.9 Å². The van der Waals surface area contributed by atoms with E-state index in [0.29, 0.717) is 11.9 Å². The summed E-state index contributed by atoms with van der Waals surface area (Å²) in [5, 5.41) is 3.27. The molecule has 0 aromatic carbocycles. The summed E-state index contributed by atoms with van der Waals surface area (Å²) in [6.07, 6.45) is 8.85. The third kappa shape index (κ3) is 2.96. The molecule has 0 aliphatic carbocycles. The fourth-order valence-corrected chi connectivity index (χ4v) is 3.94. The molecule has 3 aromatic rings. The van der Waals surface area contributed by atoms with Gasteiger partial charge in [-0.2, -0.15) is 0 Å². The monoisotopic (exact) mass is 329 g/mol. The minimum absolute atomic E-state index is 0.400. The minimum Gasteiger partial charge on any atom is -0.472 e. The molecule has 120 valence electrons. The first-order valence-corrected chi connectivity index (χ1v) is 8.81. The predicted octanol–water partition coefficient (Wildman–Crippen LogP) is 4.43. The van der Waals surface area contributed by atoms with Gasteiger partial charge in [0.2, 0.25) is 5.89 Å². The van der Waals surface area contributed by atoms with E-state index in [1.807, 2.05) is 19.2 Å². The van der Waals surface area contributed by atoms with E-state index >= 15 is 0 Å². The smallest absolute Gasteiger partial charge is 0.229 e. The van der Waals surface area contributed by atoms with Crippen molar-refractivity contribution >= 4 is 11.3 Å². The fourth-order valence-electron chi connectivity index (χ4n) is 3.14. The summed E-state index contributed by atoms with van der Waals surface area (Å²) in [6, 6.07) is 2.27. The first-order chi connectivity index (χ1) is 11.3. The van der Waals surface area contributed by atoms with Crippen molar-refractivity contribution in [3.05, 3.63) is 46.6 Å². The van der Waals surface area contributed by atoms with Crippen LogP contribution in [0.1, 0.15) is 41.8 Å². The van der Waals surface area contributed by atoms with E-state index in [0.717, 1.165) is 30.1 Å². The van der Waals surface area contributed by atoms with Crippen molar-refractivity contribution < 1.29 is 8.83 Å². The fraction of sp³-hybridized carbons (Fsp3) is 0.412. The Morgan fingerprint density at radius 2 is 2.35 bits per heavy atom. The van der Waals surface area contributed by atoms with Gasteiger partial charge in [-0.15, -0.1) is 11.3 Å². The average Bonchev–Trinajstić information content (AvgIpc) is 3.30. The topological polar surface area (TPSA) is 55.3 Å². The van der Waals surface area contributed by atoms with Gasteiger partial charge in [0.05, 0.1) is 23.6 Å². The Kier molecular flexibility index (Phi) is 4.01. The Balaban J connectivity index is 1.57. The molecule has 1 fully saturated rings. The number of thiazole rings is 1. The molecule has 3 aromatic heterocycles. The van der Waals surface area contributed by atoms with Crippen molar-refractivity contribution in [1.82, 2.24) is 14.9 Å². The van der Waals surface area contributed by atoms with Crippen molar-refractivity contribution in [3.63, 3.8) is 0 Å². The normalized spacial score (nSPS) is 19.3. The van der Waals surface area contributed by atoms with Gasteiger partial charge in [-0.25, -0.2) is 9.97 Å². The lowest BCUT2D eigenvalue weighted by Gasteiger charge is -2.33. The van der Waals surface area contributed by atoms with Crippen LogP contribution in [-0.2, 0) is 6.54 Å². The summed E-state index contributed by atoms with van der Waals surface area (Å²) in [4.78, 5) is 11.7. The van der Waals surface area contributed by atoms with Crippen molar-refractivity contribution in [2.24, 2.45) is 0 Å². The van der Waals surface area contributed by atoms with Crippen LogP contribution in [0.15, 0.2) is 39.0 Å². The number of likely N-dealkylation sites (tertiary alicyclic amines) is 1. The Bertz CT molecular complexity index is 749.